The lowest BCUT2D eigenvalue weighted by Crippen LogP contribution is -2.08. The molecule has 0 amide bonds. The third-order valence-corrected chi connectivity index (χ3v) is 3.12. The standard InChI is InChI=1S/C15H16ClNO/c1-17(2)14-8-6-11(7-9-14)15(18)12-4-3-5-13(16)10-12/h3-10,15,18H,1-2H3/t15-/m1/s1. The second-order valence-electron chi connectivity index (χ2n) is 4.44. The molecule has 2 rings (SSSR count). The van der Waals surface area contributed by atoms with Gasteiger partial charge in [0.2, 0.25) is 0 Å². The summed E-state index contributed by atoms with van der Waals surface area (Å²) in [7, 11) is 3.98. The molecule has 3 heteroatoms. The van der Waals surface area contributed by atoms with Crippen LogP contribution < -0.4 is 4.90 Å². The van der Waals surface area contributed by atoms with Gasteiger partial charge in [0.05, 0.1) is 0 Å². The summed E-state index contributed by atoms with van der Waals surface area (Å²) in [5, 5.41) is 10.9. The van der Waals surface area contributed by atoms with Crippen molar-refractivity contribution in [2.45, 2.75) is 6.10 Å². The number of halogens is 1. The van der Waals surface area contributed by atoms with E-state index in [0.29, 0.717) is 5.02 Å². The number of aliphatic hydroxyl groups excluding tert-OH is 1. The minimum Gasteiger partial charge on any atom is -0.384 e. The summed E-state index contributed by atoms with van der Waals surface area (Å²) < 4.78 is 0. The normalized spacial score (nSPS) is 12.2. The highest BCUT2D eigenvalue weighted by molar-refractivity contribution is 6.30. The summed E-state index contributed by atoms with van der Waals surface area (Å²) in [6.07, 6.45) is -0.639. The summed E-state index contributed by atoms with van der Waals surface area (Å²) in [5.74, 6) is 0. The van der Waals surface area contributed by atoms with Crippen LogP contribution >= 0.6 is 11.6 Å². The molecule has 0 radical (unpaired) electrons. The van der Waals surface area contributed by atoms with E-state index in [9.17, 15) is 5.11 Å². The van der Waals surface area contributed by atoms with Crippen molar-refractivity contribution in [1.82, 2.24) is 0 Å². The molecule has 18 heavy (non-hydrogen) atoms. The van der Waals surface area contributed by atoms with Crippen molar-refractivity contribution in [1.29, 1.82) is 0 Å². The third kappa shape index (κ3) is 2.84. The van der Waals surface area contributed by atoms with Crippen LogP contribution in [-0.2, 0) is 0 Å². The first-order valence-electron chi connectivity index (χ1n) is 5.79. The molecule has 0 aliphatic rings. The molecule has 0 fully saturated rings. The Morgan fingerprint density at radius 1 is 1.00 bits per heavy atom. The molecule has 2 aromatic carbocycles. The van der Waals surface area contributed by atoms with Crippen LogP contribution in [0.4, 0.5) is 5.69 Å². The SMILES string of the molecule is CN(C)c1ccc([C@@H](O)c2cccc(Cl)c2)cc1. The molecule has 2 aromatic rings. The fourth-order valence-corrected chi connectivity index (χ4v) is 2.02. The van der Waals surface area contributed by atoms with Gasteiger partial charge in [0.25, 0.3) is 0 Å². The van der Waals surface area contributed by atoms with Gasteiger partial charge in [0, 0.05) is 24.8 Å². The minimum atomic E-state index is -0.639. The predicted octanol–water partition coefficient (Wildman–Crippen LogP) is 3.49. The number of anilines is 1. The number of hydrogen-bond donors (Lipinski definition) is 1. The Morgan fingerprint density at radius 3 is 2.22 bits per heavy atom. The summed E-state index contributed by atoms with van der Waals surface area (Å²) in [4.78, 5) is 2.02. The van der Waals surface area contributed by atoms with E-state index in [1.54, 1.807) is 12.1 Å². The van der Waals surface area contributed by atoms with Crippen molar-refractivity contribution < 1.29 is 5.11 Å². The molecule has 0 aliphatic heterocycles. The maximum absolute atomic E-state index is 10.3. The molecule has 1 atom stereocenters. The Labute approximate surface area is 112 Å². The van der Waals surface area contributed by atoms with Gasteiger partial charge in [0.15, 0.2) is 0 Å². The number of rotatable bonds is 3. The number of nitrogens with zero attached hydrogens (tertiary/aromatic N) is 1. The average Bonchev–Trinajstić information content (AvgIpc) is 2.38. The summed E-state index contributed by atoms with van der Waals surface area (Å²) in [5.41, 5.74) is 2.78. The summed E-state index contributed by atoms with van der Waals surface area (Å²) in [6.45, 7) is 0. The molecule has 0 heterocycles. The maximum atomic E-state index is 10.3. The van der Waals surface area contributed by atoms with Gasteiger partial charge in [-0.05, 0) is 35.4 Å². The maximum Gasteiger partial charge on any atom is 0.104 e. The van der Waals surface area contributed by atoms with Crippen LogP contribution in [0, 0.1) is 0 Å². The average molecular weight is 262 g/mol. The van der Waals surface area contributed by atoms with Crippen LogP contribution in [0.25, 0.3) is 0 Å². The highest BCUT2D eigenvalue weighted by Gasteiger charge is 2.10. The van der Waals surface area contributed by atoms with Gasteiger partial charge < -0.3 is 10.0 Å². The monoisotopic (exact) mass is 261 g/mol. The molecule has 0 saturated heterocycles. The molecule has 0 spiro atoms. The molecular weight excluding hydrogens is 246 g/mol. The van der Waals surface area contributed by atoms with E-state index >= 15 is 0 Å². The van der Waals surface area contributed by atoms with Crippen LogP contribution in [-0.4, -0.2) is 19.2 Å². The largest absolute Gasteiger partial charge is 0.384 e. The third-order valence-electron chi connectivity index (χ3n) is 2.89. The number of benzene rings is 2. The second kappa shape index (κ2) is 5.42. The van der Waals surface area contributed by atoms with Crippen LogP contribution in [0.5, 0.6) is 0 Å². The molecular formula is C15H16ClNO. The zero-order valence-corrected chi connectivity index (χ0v) is 11.2. The lowest BCUT2D eigenvalue weighted by Gasteiger charge is -2.15. The van der Waals surface area contributed by atoms with E-state index in [1.165, 1.54) is 0 Å². The van der Waals surface area contributed by atoms with E-state index in [4.69, 9.17) is 11.6 Å². The van der Waals surface area contributed by atoms with Gasteiger partial charge in [-0.15, -0.1) is 0 Å². The Bertz CT molecular complexity index is 522. The number of aliphatic hydroxyl groups is 1. The van der Waals surface area contributed by atoms with Crippen molar-refractivity contribution in [3.8, 4) is 0 Å². The smallest absolute Gasteiger partial charge is 0.104 e. The van der Waals surface area contributed by atoms with E-state index in [0.717, 1.165) is 16.8 Å². The molecule has 0 bridgehead atoms. The van der Waals surface area contributed by atoms with Crippen molar-refractivity contribution in [2.24, 2.45) is 0 Å². The van der Waals surface area contributed by atoms with Gasteiger partial charge in [-0.2, -0.15) is 0 Å². The first-order chi connectivity index (χ1) is 8.58. The van der Waals surface area contributed by atoms with E-state index in [1.807, 2.05) is 55.4 Å². The Morgan fingerprint density at radius 2 is 1.67 bits per heavy atom. The molecule has 0 saturated carbocycles. The summed E-state index contributed by atoms with van der Waals surface area (Å²) >= 11 is 5.93. The van der Waals surface area contributed by atoms with Crippen molar-refractivity contribution in [3.05, 3.63) is 64.7 Å². The molecule has 94 valence electrons. The summed E-state index contributed by atoms with van der Waals surface area (Å²) in [6, 6.07) is 15.1. The molecule has 2 nitrogen and oxygen atoms in total. The van der Waals surface area contributed by atoms with Gasteiger partial charge in [0.1, 0.15) is 6.10 Å². The lowest BCUT2D eigenvalue weighted by molar-refractivity contribution is 0.220. The Kier molecular flexibility index (Phi) is 3.90. The zero-order valence-electron chi connectivity index (χ0n) is 10.5. The Balaban J connectivity index is 2.26. The predicted molar refractivity (Wildman–Crippen MR) is 76.3 cm³/mol. The van der Waals surface area contributed by atoms with Crippen molar-refractivity contribution in [3.63, 3.8) is 0 Å². The first-order valence-corrected chi connectivity index (χ1v) is 6.16. The number of hydrogen-bond acceptors (Lipinski definition) is 2. The van der Waals surface area contributed by atoms with E-state index < -0.39 is 6.10 Å². The quantitative estimate of drug-likeness (QED) is 0.914. The second-order valence-corrected chi connectivity index (χ2v) is 4.88. The molecule has 0 unspecified atom stereocenters. The highest BCUT2D eigenvalue weighted by atomic mass is 35.5. The zero-order chi connectivity index (χ0) is 13.1. The Hall–Kier alpha value is -1.51. The van der Waals surface area contributed by atoms with Crippen LogP contribution in [0.3, 0.4) is 0 Å². The highest BCUT2D eigenvalue weighted by Crippen LogP contribution is 2.25. The van der Waals surface area contributed by atoms with Gasteiger partial charge in [-0.1, -0.05) is 35.9 Å². The van der Waals surface area contributed by atoms with E-state index in [2.05, 4.69) is 0 Å². The van der Waals surface area contributed by atoms with Crippen LogP contribution in [0.15, 0.2) is 48.5 Å². The topological polar surface area (TPSA) is 23.5 Å². The van der Waals surface area contributed by atoms with E-state index in [-0.39, 0.29) is 0 Å². The van der Waals surface area contributed by atoms with Gasteiger partial charge in [-0.25, -0.2) is 0 Å². The van der Waals surface area contributed by atoms with Crippen LogP contribution in [0.1, 0.15) is 17.2 Å². The fraction of sp³-hybridized carbons (Fsp3) is 0.200. The molecule has 0 aromatic heterocycles. The van der Waals surface area contributed by atoms with Crippen molar-refractivity contribution >= 4 is 17.3 Å². The molecule has 0 aliphatic carbocycles. The molecule has 1 N–H and O–H groups in total. The van der Waals surface area contributed by atoms with Crippen molar-refractivity contribution in [2.75, 3.05) is 19.0 Å². The lowest BCUT2D eigenvalue weighted by atomic mass is 10.0. The van der Waals surface area contributed by atoms with Gasteiger partial charge >= 0.3 is 0 Å². The minimum absolute atomic E-state index is 0.636. The van der Waals surface area contributed by atoms with Crippen LogP contribution in [0.2, 0.25) is 5.02 Å². The first kappa shape index (κ1) is 12.9. The fourth-order valence-electron chi connectivity index (χ4n) is 1.82. The van der Waals surface area contributed by atoms with Gasteiger partial charge in [-0.3, -0.25) is 0 Å².